The van der Waals surface area contributed by atoms with Gasteiger partial charge in [0.2, 0.25) is 5.91 Å². The molecule has 1 unspecified atom stereocenters. The van der Waals surface area contributed by atoms with Crippen LogP contribution >= 0.6 is 0 Å². The molecule has 1 amide bonds. The molecule has 1 aliphatic heterocycles. The van der Waals surface area contributed by atoms with Gasteiger partial charge in [-0.15, -0.1) is 0 Å². The van der Waals surface area contributed by atoms with Gasteiger partial charge in [-0.05, 0) is 32.9 Å². The number of carbonyl (C=O) groups is 1. The molecule has 1 rings (SSSR count). The van der Waals surface area contributed by atoms with E-state index in [-0.39, 0.29) is 5.91 Å². The van der Waals surface area contributed by atoms with E-state index in [4.69, 9.17) is 4.84 Å². The second-order valence-corrected chi connectivity index (χ2v) is 3.89. The smallest absolute Gasteiger partial charge is 0.245 e. The maximum absolute atomic E-state index is 11.4. The van der Waals surface area contributed by atoms with Crippen molar-refractivity contribution >= 4 is 5.91 Å². The molecule has 0 aromatic rings. The molecule has 0 aromatic heterocycles. The Hall–Kier alpha value is -0.610. The molecule has 82 valence electrons. The third-order valence-corrected chi connectivity index (χ3v) is 2.99. The molecular weight excluding hydrogens is 180 g/mol. The monoisotopic (exact) mass is 200 g/mol. The molecule has 0 radical (unpaired) electrons. The van der Waals surface area contributed by atoms with Gasteiger partial charge in [-0.3, -0.25) is 9.63 Å². The second kappa shape index (κ2) is 5.32. The summed E-state index contributed by atoms with van der Waals surface area (Å²) < 4.78 is 0. The van der Waals surface area contributed by atoms with Crippen LogP contribution in [-0.4, -0.2) is 49.7 Å². The van der Waals surface area contributed by atoms with E-state index in [1.54, 1.807) is 7.05 Å². The zero-order valence-electron chi connectivity index (χ0n) is 9.32. The second-order valence-electron chi connectivity index (χ2n) is 3.89. The first-order valence-corrected chi connectivity index (χ1v) is 5.16. The molecule has 0 saturated carbocycles. The molecule has 1 aliphatic rings. The molecule has 14 heavy (non-hydrogen) atoms. The average Bonchev–Trinajstić information content (AvgIpc) is 2.59. The zero-order valence-corrected chi connectivity index (χ0v) is 9.32. The van der Waals surface area contributed by atoms with Gasteiger partial charge in [0, 0.05) is 19.5 Å². The lowest BCUT2D eigenvalue weighted by atomic mass is 10.1. The van der Waals surface area contributed by atoms with Crippen molar-refractivity contribution in [2.75, 3.05) is 27.7 Å². The van der Waals surface area contributed by atoms with Crippen LogP contribution in [0.15, 0.2) is 0 Å². The summed E-state index contributed by atoms with van der Waals surface area (Å²) in [5, 5.41) is 1.30. The van der Waals surface area contributed by atoms with E-state index in [0.717, 1.165) is 6.42 Å². The van der Waals surface area contributed by atoms with Crippen LogP contribution in [0.5, 0.6) is 0 Å². The Balaban J connectivity index is 2.22. The molecule has 0 aliphatic carbocycles. The summed E-state index contributed by atoms with van der Waals surface area (Å²) in [5.41, 5.74) is 0. The SMILES string of the molecule is CON(C)C(=O)CCC1CCCN1C. The van der Waals surface area contributed by atoms with Crippen LogP contribution in [0.1, 0.15) is 25.7 Å². The van der Waals surface area contributed by atoms with Gasteiger partial charge in [-0.2, -0.15) is 0 Å². The first-order valence-electron chi connectivity index (χ1n) is 5.16. The van der Waals surface area contributed by atoms with E-state index in [9.17, 15) is 4.79 Å². The highest BCUT2D eigenvalue weighted by atomic mass is 16.7. The third kappa shape index (κ3) is 2.96. The fourth-order valence-electron chi connectivity index (χ4n) is 1.89. The van der Waals surface area contributed by atoms with Gasteiger partial charge in [0.15, 0.2) is 0 Å². The standard InChI is InChI=1S/C10H20N2O2/c1-11-8-4-5-9(11)6-7-10(13)12(2)14-3/h9H,4-8H2,1-3H3. The van der Waals surface area contributed by atoms with Gasteiger partial charge in [-0.1, -0.05) is 0 Å². The Kier molecular flexibility index (Phi) is 4.35. The van der Waals surface area contributed by atoms with Gasteiger partial charge >= 0.3 is 0 Å². The Bertz CT molecular complexity index is 197. The predicted octanol–water partition coefficient (Wildman–Crippen LogP) is 0.881. The number of hydrogen-bond donors (Lipinski definition) is 0. The van der Waals surface area contributed by atoms with E-state index in [1.165, 1.54) is 31.6 Å². The van der Waals surface area contributed by atoms with E-state index >= 15 is 0 Å². The topological polar surface area (TPSA) is 32.8 Å². The number of carbonyl (C=O) groups excluding carboxylic acids is 1. The highest BCUT2D eigenvalue weighted by Gasteiger charge is 2.21. The first kappa shape index (κ1) is 11.5. The fraction of sp³-hybridized carbons (Fsp3) is 0.900. The zero-order chi connectivity index (χ0) is 10.6. The molecule has 0 aromatic carbocycles. The first-order chi connectivity index (χ1) is 6.65. The highest BCUT2D eigenvalue weighted by molar-refractivity contribution is 5.74. The van der Waals surface area contributed by atoms with Crippen molar-refractivity contribution in [1.82, 2.24) is 9.96 Å². The number of rotatable bonds is 4. The van der Waals surface area contributed by atoms with Crippen molar-refractivity contribution in [3.63, 3.8) is 0 Å². The summed E-state index contributed by atoms with van der Waals surface area (Å²) in [6.07, 6.45) is 4.01. The van der Waals surface area contributed by atoms with Gasteiger partial charge in [0.1, 0.15) is 0 Å². The molecule has 1 heterocycles. The molecule has 4 heteroatoms. The molecule has 1 atom stereocenters. The number of amides is 1. The van der Waals surface area contributed by atoms with Crippen molar-refractivity contribution in [3.8, 4) is 0 Å². The van der Waals surface area contributed by atoms with Crippen LogP contribution in [0.3, 0.4) is 0 Å². The van der Waals surface area contributed by atoms with Crippen LogP contribution in [0.4, 0.5) is 0 Å². The number of hydrogen-bond acceptors (Lipinski definition) is 3. The average molecular weight is 200 g/mol. The van der Waals surface area contributed by atoms with Gasteiger partial charge in [-0.25, -0.2) is 5.06 Å². The molecule has 0 bridgehead atoms. The molecule has 1 saturated heterocycles. The maximum Gasteiger partial charge on any atom is 0.245 e. The van der Waals surface area contributed by atoms with Gasteiger partial charge in [0.05, 0.1) is 7.11 Å². The Morgan fingerprint density at radius 3 is 2.86 bits per heavy atom. The van der Waals surface area contributed by atoms with Crippen LogP contribution < -0.4 is 0 Å². The lowest BCUT2D eigenvalue weighted by Gasteiger charge is -2.20. The van der Waals surface area contributed by atoms with Crippen molar-refractivity contribution in [2.24, 2.45) is 0 Å². The Labute approximate surface area is 85.8 Å². The number of hydroxylamine groups is 2. The summed E-state index contributed by atoms with van der Waals surface area (Å²) in [4.78, 5) is 18.6. The quantitative estimate of drug-likeness (QED) is 0.632. The van der Waals surface area contributed by atoms with Crippen molar-refractivity contribution in [3.05, 3.63) is 0 Å². The van der Waals surface area contributed by atoms with Crippen molar-refractivity contribution < 1.29 is 9.63 Å². The molecular formula is C10H20N2O2. The fourth-order valence-corrected chi connectivity index (χ4v) is 1.89. The summed E-state index contributed by atoms with van der Waals surface area (Å²) in [6.45, 7) is 1.17. The number of likely N-dealkylation sites (tertiary alicyclic amines) is 1. The summed E-state index contributed by atoms with van der Waals surface area (Å²) >= 11 is 0. The minimum absolute atomic E-state index is 0.0628. The summed E-state index contributed by atoms with van der Waals surface area (Å²) in [5.74, 6) is 0.0628. The van der Waals surface area contributed by atoms with Crippen molar-refractivity contribution in [2.45, 2.75) is 31.7 Å². The van der Waals surface area contributed by atoms with Gasteiger partial charge in [0.25, 0.3) is 0 Å². The Morgan fingerprint density at radius 1 is 1.64 bits per heavy atom. The third-order valence-electron chi connectivity index (χ3n) is 2.99. The Morgan fingerprint density at radius 2 is 2.36 bits per heavy atom. The predicted molar refractivity (Wildman–Crippen MR) is 54.7 cm³/mol. The lowest BCUT2D eigenvalue weighted by molar-refractivity contribution is -0.168. The molecule has 0 N–H and O–H groups in total. The van der Waals surface area contributed by atoms with E-state index in [0.29, 0.717) is 12.5 Å². The van der Waals surface area contributed by atoms with Crippen LogP contribution in [-0.2, 0) is 9.63 Å². The number of nitrogens with zero attached hydrogens (tertiary/aromatic N) is 2. The van der Waals surface area contributed by atoms with Crippen LogP contribution in [0.2, 0.25) is 0 Å². The minimum Gasteiger partial charge on any atom is -0.303 e. The molecule has 4 nitrogen and oxygen atoms in total. The summed E-state index contributed by atoms with van der Waals surface area (Å²) in [6, 6.07) is 0.587. The summed E-state index contributed by atoms with van der Waals surface area (Å²) in [7, 11) is 5.29. The van der Waals surface area contributed by atoms with Crippen molar-refractivity contribution in [1.29, 1.82) is 0 Å². The van der Waals surface area contributed by atoms with E-state index < -0.39 is 0 Å². The molecule has 0 spiro atoms. The van der Waals surface area contributed by atoms with Gasteiger partial charge < -0.3 is 4.90 Å². The van der Waals surface area contributed by atoms with Crippen LogP contribution in [0.25, 0.3) is 0 Å². The maximum atomic E-state index is 11.4. The normalized spacial score (nSPS) is 22.6. The molecule has 1 fully saturated rings. The van der Waals surface area contributed by atoms with Crippen LogP contribution in [0, 0.1) is 0 Å². The largest absolute Gasteiger partial charge is 0.303 e. The minimum atomic E-state index is 0.0628. The highest BCUT2D eigenvalue weighted by Crippen LogP contribution is 2.19. The van der Waals surface area contributed by atoms with E-state index in [2.05, 4.69) is 11.9 Å². The lowest BCUT2D eigenvalue weighted by Crippen LogP contribution is -2.29. The van der Waals surface area contributed by atoms with E-state index in [1.807, 2.05) is 0 Å².